The first kappa shape index (κ1) is 76.4. The van der Waals surface area contributed by atoms with Crippen molar-refractivity contribution in [2.45, 2.75) is 103 Å². The number of ether oxygens (including phenoxy) is 4. The van der Waals surface area contributed by atoms with Crippen molar-refractivity contribution in [1.29, 1.82) is 10.5 Å². The summed E-state index contributed by atoms with van der Waals surface area (Å²) in [6.45, 7) is 1.59. The standard InChI is InChI=1S/C34H31FN4O4.C28H23FN2O5.C26H23FN4O3/c1-38-19-28-29(34(41)39(15-3-14-36)25-10-11-25)27-17-23(16-21-4-8-24(35)9-5-21)18-37-31(27)32(30(28)33(38)40)43-20-22-6-12-26(42-2)13-7-22;1-31-14-22-23(28(33)34)21-12-18(11-16-3-7-19(29)8-4-16)13-30-25(21)26(24(22)27(31)32)36-15-17-5-9-20(35-2)10-6-17;1-30-14-20-21(26(34)31(10-2-9-28)18-7-8-18)19-12-16(11-15-3-5-17(27)6-4-15)13-29-23(19)24(32)22(20)25(30)33/h4-9,12-13,17-18,25H,3,10-11,15-16,19-20H2,1-2H3;3-10,12-13H,11,14-15H2,1-2H3,(H,33,34);3-6,12-13,18,32H,2,7-8,10-11,14H2,1H3. The topological polar surface area (TPSA) is 282 Å². The maximum atomic E-state index is 14.3. The molecule has 0 spiro atoms. The van der Waals surface area contributed by atoms with Gasteiger partial charge in [0, 0.05) is 117 Å². The summed E-state index contributed by atoms with van der Waals surface area (Å²) < 4.78 is 63.2. The third-order valence-electron chi connectivity index (χ3n) is 20.8. The molecule has 2 aliphatic carbocycles. The third kappa shape index (κ3) is 16.0. The predicted octanol–water partition coefficient (Wildman–Crippen LogP) is 14.3. The number of hydrogen-bond acceptors (Lipinski definition) is 16. The molecule has 0 bridgehead atoms. The van der Waals surface area contributed by atoms with E-state index in [1.54, 1.807) is 111 Å². The molecule has 16 rings (SSSR count). The van der Waals surface area contributed by atoms with Crippen LogP contribution in [-0.4, -0.2) is 146 Å². The van der Waals surface area contributed by atoms with Gasteiger partial charge in [0.15, 0.2) is 17.2 Å². The first-order valence-electron chi connectivity index (χ1n) is 36.8. The van der Waals surface area contributed by atoms with Crippen LogP contribution < -0.4 is 18.9 Å². The molecular weight excluding hydrogens is 1450 g/mol. The smallest absolute Gasteiger partial charge is 0.336 e. The van der Waals surface area contributed by atoms with Gasteiger partial charge in [-0.15, -0.1) is 0 Å². The minimum atomic E-state index is -1.14. The zero-order valence-corrected chi connectivity index (χ0v) is 62.6. The molecule has 2 fully saturated rings. The van der Waals surface area contributed by atoms with Gasteiger partial charge < -0.3 is 53.7 Å². The zero-order valence-electron chi connectivity index (χ0n) is 62.6. The molecule has 5 amide bonds. The number of phenolic OH excluding ortho intramolecular Hbond substituents is 1. The molecule has 0 radical (unpaired) electrons. The molecule has 11 aromatic rings. The average molecular weight is 1520 g/mol. The van der Waals surface area contributed by atoms with Gasteiger partial charge in [0.2, 0.25) is 0 Å². The Morgan fingerprint density at radius 1 is 0.469 bits per heavy atom. The second-order valence-electron chi connectivity index (χ2n) is 28.7. The number of aromatic nitrogens is 3. The van der Waals surface area contributed by atoms with E-state index in [9.17, 15) is 57.4 Å². The Kier molecular flexibility index (Phi) is 22.1. The largest absolute Gasteiger partial charge is 0.505 e. The number of methoxy groups -OCH3 is 2. The van der Waals surface area contributed by atoms with Crippen molar-refractivity contribution in [3.63, 3.8) is 0 Å². The maximum absolute atomic E-state index is 14.3. The van der Waals surface area contributed by atoms with Crippen molar-refractivity contribution in [2.24, 2.45) is 0 Å². The number of nitrogens with zero attached hydrogens (tertiary/aromatic N) is 10. The van der Waals surface area contributed by atoms with Crippen molar-refractivity contribution >= 4 is 68.2 Å². The van der Waals surface area contributed by atoms with E-state index in [1.165, 1.54) is 46.2 Å². The third-order valence-corrected chi connectivity index (χ3v) is 20.8. The number of rotatable bonds is 23. The highest BCUT2D eigenvalue weighted by atomic mass is 19.1. The van der Waals surface area contributed by atoms with E-state index in [4.69, 9.17) is 29.2 Å². The molecule has 6 heterocycles. The van der Waals surface area contributed by atoms with E-state index in [-0.39, 0.29) is 138 Å². The molecule has 2 N–H and O–H groups in total. The van der Waals surface area contributed by atoms with E-state index in [0.29, 0.717) is 104 Å². The number of carboxylic acids is 1. The number of benzene rings is 8. The SMILES string of the molecule is CN1Cc2c(c(O)c3ncc(Cc4ccc(F)cc4)cc3c2C(=O)N(CCC#N)C2CC2)C1=O.COc1ccc(COc2c3c(c(C(=O)N(CCC#N)C4CC4)c4cc(Cc5ccc(F)cc5)cnc24)CN(C)C3=O)cc1.COc1ccc(COc2c3c(c(C(=O)O)c4cc(Cc5ccc(F)cc5)cnc24)CN(C)C3=O)cc1. The van der Waals surface area contributed by atoms with Gasteiger partial charge in [-0.05, 0) is 168 Å². The molecule has 0 atom stereocenters. The van der Waals surface area contributed by atoms with Crippen molar-refractivity contribution in [3.05, 3.63) is 270 Å². The monoisotopic (exact) mass is 1520 g/mol. The van der Waals surface area contributed by atoms with Gasteiger partial charge in [0.05, 0.1) is 72.6 Å². The number of phenols is 1. The number of pyridine rings is 3. The molecule has 3 aromatic heterocycles. The fourth-order valence-corrected chi connectivity index (χ4v) is 14.8. The van der Waals surface area contributed by atoms with Crippen molar-refractivity contribution < 1.29 is 71.1 Å². The number of fused-ring (bicyclic) bond motifs is 6. The highest BCUT2D eigenvalue weighted by Gasteiger charge is 2.43. The van der Waals surface area contributed by atoms with Crippen LogP contribution in [0.2, 0.25) is 0 Å². The maximum Gasteiger partial charge on any atom is 0.336 e. The van der Waals surface area contributed by atoms with Crippen LogP contribution in [0.4, 0.5) is 13.2 Å². The summed E-state index contributed by atoms with van der Waals surface area (Å²) in [6, 6.07) is 43.3. The van der Waals surface area contributed by atoms with Gasteiger partial charge in [-0.25, -0.2) is 18.0 Å². The second kappa shape index (κ2) is 32.6. The molecule has 572 valence electrons. The molecule has 0 saturated heterocycles. The lowest BCUT2D eigenvalue weighted by atomic mass is 9.93. The number of carboxylic acid groups (broad SMARTS) is 1. The average Bonchev–Trinajstić information content (AvgIpc) is 1.57. The number of aromatic carboxylic acids is 1. The first-order valence-corrected chi connectivity index (χ1v) is 36.8. The van der Waals surface area contributed by atoms with Crippen LogP contribution in [0, 0.1) is 40.1 Å². The Morgan fingerprint density at radius 2 is 0.788 bits per heavy atom. The van der Waals surface area contributed by atoms with Gasteiger partial charge in [-0.3, -0.25) is 38.9 Å². The Hall–Kier alpha value is -13.4. The number of carbonyl (C=O) groups excluding carboxylic acids is 5. The second-order valence-corrected chi connectivity index (χ2v) is 28.7. The van der Waals surface area contributed by atoms with Gasteiger partial charge in [0.1, 0.15) is 58.7 Å². The van der Waals surface area contributed by atoms with Gasteiger partial charge in [-0.2, -0.15) is 10.5 Å². The normalized spacial score (nSPS) is 13.8. The van der Waals surface area contributed by atoms with E-state index in [1.807, 2.05) is 60.7 Å². The summed E-state index contributed by atoms with van der Waals surface area (Å²) in [5.74, 6) is -1.62. The first-order chi connectivity index (χ1) is 54.6. The summed E-state index contributed by atoms with van der Waals surface area (Å²) in [5.41, 5.74) is 10.7. The molecule has 3 aliphatic heterocycles. The van der Waals surface area contributed by atoms with E-state index in [0.717, 1.165) is 75.9 Å². The molecule has 25 heteroatoms. The number of carbonyl (C=O) groups is 6. The van der Waals surface area contributed by atoms with Crippen molar-refractivity contribution in [3.8, 4) is 40.9 Å². The van der Waals surface area contributed by atoms with Crippen molar-refractivity contribution in [2.75, 3.05) is 48.5 Å². The van der Waals surface area contributed by atoms with Crippen LogP contribution in [0.3, 0.4) is 0 Å². The van der Waals surface area contributed by atoms with Gasteiger partial charge in [0.25, 0.3) is 29.5 Å². The number of hydrogen-bond donors (Lipinski definition) is 2. The number of amides is 5. The van der Waals surface area contributed by atoms with Crippen LogP contribution in [0.1, 0.15) is 162 Å². The molecule has 22 nitrogen and oxygen atoms in total. The van der Waals surface area contributed by atoms with Crippen LogP contribution in [-0.2, 0) is 52.1 Å². The van der Waals surface area contributed by atoms with Crippen LogP contribution in [0.15, 0.2) is 158 Å². The lowest BCUT2D eigenvalue weighted by molar-refractivity contribution is 0.0693. The molecule has 8 aromatic carbocycles. The summed E-state index contributed by atoms with van der Waals surface area (Å²) in [7, 11) is 8.15. The summed E-state index contributed by atoms with van der Waals surface area (Å²) in [5, 5.41) is 40.9. The molecular formula is C88H77F3N10O12. The fourth-order valence-electron chi connectivity index (χ4n) is 14.8. The van der Waals surface area contributed by atoms with E-state index in [2.05, 4.69) is 22.1 Å². The Bertz CT molecular complexity index is 5690. The molecule has 113 heavy (non-hydrogen) atoms. The summed E-state index contributed by atoms with van der Waals surface area (Å²) >= 11 is 0. The number of aromatic hydroxyl groups is 1. The predicted molar refractivity (Wildman–Crippen MR) is 412 cm³/mol. The summed E-state index contributed by atoms with van der Waals surface area (Å²) in [4.78, 5) is 102. The number of nitriles is 2. The van der Waals surface area contributed by atoms with Crippen LogP contribution >= 0.6 is 0 Å². The molecule has 2 saturated carbocycles. The number of halogens is 3. The van der Waals surface area contributed by atoms with Crippen LogP contribution in [0.25, 0.3) is 32.7 Å². The minimum absolute atomic E-state index is 0.0444. The molecule has 0 unspecified atom stereocenters. The molecule has 5 aliphatic rings. The highest BCUT2D eigenvalue weighted by molar-refractivity contribution is 6.18. The Labute approximate surface area is 648 Å². The van der Waals surface area contributed by atoms with Crippen molar-refractivity contribution in [1.82, 2.24) is 39.5 Å². The fraction of sp³-hybridized carbons (Fsp3) is 0.261. The van der Waals surface area contributed by atoms with Gasteiger partial charge >= 0.3 is 5.97 Å². The Balaban J connectivity index is 0.000000142. The zero-order chi connectivity index (χ0) is 79.5. The van der Waals surface area contributed by atoms with E-state index >= 15 is 0 Å². The summed E-state index contributed by atoms with van der Waals surface area (Å²) in [6.07, 6.45) is 10.3. The lowest BCUT2D eigenvalue weighted by Crippen LogP contribution is -2.35. The van der Waals surface area contributed by atoms with E-state index < -0.39 is 5.97 Å². The Morgan fingerprint density at radius 3 is 1.13 bits per heavy atom. The highest BCUT2D eigenvalue weighted by Crippen LogP contribution is 2.46. The minimum Gasteiger partial charge on any atom is -0.505 e. The van der Waals surface area contributed by atoms with Crippen LogP contribution in [0.5, 0.6) is 28.7 Å². The lowest BCUT2D eigenvalue weighted by Gasteiger charge is -2.24. The quantitative estimate of drug-likeness (QED) is 0.0602. The van der Waals surface area contributed by atoms with Gasteiger partial charge in [-0.1, -0.05) is 60.7 Å².